The van der Waals surface area contributed by atoms with E-state index in [1.807, 2.05) is 36.1 Å². The Balaban J connectivity index is 1.84. The van der Waals surface area contributed by atoms with Gasteiger partial charge >= 0.3 is 0 Å². The number of nitrogens with zero attached hydrogens (tertiary/aromatic N) is 1. The molecule has 0 aromatic heterocycles. The second-order valence-electron chi connectivity index (χ2n) is 5.01. The number of rotatable bonds is 6. The number of hydrogen-bond acceptors (Lipinski definition) is 3. The molecule has 6 heteroatoms. The zero-order valence-electron chi connectivity index (χ0n) is 12.4. The van der Waals surface area contributed by atoms with Crippen molar-refractivity contribution in [1.29, 1.82) is 0 Å². The summed E-state index contributed by atoms with van der Waals surface area (Å²) in [5, 5.41) is 6.77. The Hall–Kier alpha value is -1.82. The van der Waals surface area contributed by atoms with Crippen molar-refractivity contribution in [1.82, 2.24) is 10.2 Å². The molecule has 1 aliphatic carbocycles. The molecule has 1 fully saturated rings. The van der Waals surface area contributed by atoms with E-state index in [9.17, 15) is 4.79 Å². The van der Waals surface area contributed by atoms with Gasteiger partial charge in [-0.25, -0.2) is 0 Å². The molecule has 0 aliphatic heterocycles. The summed E-state index contributed by atoms with van der Waals surface area (Å²) in [6.45, 7) is 2.94. The van der Waals surface area contributed by atoms with Crippen LogP contribution in [0.2, 0.25) is 0 Å². The van der Waals surface area contributed by atoms with Crippen molar-refractivity contribution in [2.45, 2.75) is 25.8 Å². The van der Waals surface area contributed by atoms with Gasteiger partial charge in [-0.1, -0.05) is 0 Å². The van der Waals surface area contributed by atoms with E-state index in [-0.39, 0.29) is 12.5 Å². The van der Waals surface area contributed by atoms with E-state index in [2.05, 4.69) is 10.6 Å². The van der Waals surface area contributed by atoms with Gasteiger partial charge < -0.3 is 20.3 Å². The van der Waals surface area contributed by atoms with E-state index in [1.54, 1.807) is 7.11 Å². The topological polar surface area (TPSA) is 53.6 Å². The van der Waals surface area contributed by atoms with Gasteiger partial charge in [-0.3, -0.25) is 4.79 Å². The summed E-state index contributed by atoms with van der Waals surface area (Å²) < 4.78 is 5.08. The molecule has 0 saturated heterocycles. The van der Waals surface area contributed by atoms with Crippen LogP contribution in [0.25, 0.3) is 0 Å². The maximum atomic E-state index is 12.1. The first-order valence-electron chi connectivity index (χ1n) is 7.11. The first-order chi connectivity index (χ1) is 10.1. The van der Waals surface area contributed by atoms with Gasteiger partial charge in [0.25, 0.3) is 0 Å². The lowest BCUT2D eigenvalue weighted by Gasteiger charge is -2.23. The number of amides is 1. The van der Waals surface area contributed by atoms with Crippen LogP contribution in [0.5, 0.6) is 5.75 Å². The standard InChI is InChI=1S/C15H21N3O2S/c1-3-18(15(21)17-12-4-5-12)10-14(19)16-11-6-8-13(20-2)9-7-11/h6-9,12H,3-5,10H2,1-2H3,(H,16,19)(H,17,21). The smallest absolute Gasteiger partial charge is 0.243 e. The fourth-order valence-corrected chi connectivity index (χ4v) is 2.23. The van der Waals surface area contributed by atoms with Crippen molar-refractivity contribution in [3.8, 4) is 5.75 Å². The second-order valence-corrected chi connectivity index (χ2v) is 5.40. The number of likely N-dealkylation sites (N-methyl/N-ethyl adjacent to an activating group) is 1. The Morgan fingerprint density at radius 2 is 2.05 bits per heavy atom. The van der Waals surface area contributed by atoms with E-state index in [4.69, 9.17) is 17.0 Å². The van der Waals surface area contributed by atoms with Crippen molar-refractivity contribution in [3.05, 3.63) is 24.3 Å². The van der Waals surface area contributed by atoms with Crippen LogP contribution in [-0.2, 0) is 4.79 Å². The molecule has 2 N–H and O–H groups in total. The van der Waals surface area contributed by atoms with Crippen molar-refractivity contribution in [3.63, 3.8) is 0 Å². The molecule has 0 atom stereocenters. The molecule has 2 rings (SSSR count). The molecule has 0 radical (unpaired) electrons. The summed E-state index contributed by atoms with van der Waals surface area (Å²) in [5.41, 5.74) is 0.748. The number of benzene rings is 1. The second kappa shape index (κ2) is 7.26. The normalized spacial score (nSPS) is 13.4. The van der Waals surface area contributed by atoms with Gasteiger partial charge in [0.2, 0.25) is 5.91 Å². The minimum Gasteiger partial charge on any atom is -0.497 e. The van der Waals surface area contributed by atoms with E-state index in [0.717, 1.165) is 24.3 Å². The molecule has 1 aromatic rings. The zero-order chi connectivity index (χ0) is 15.2. The summed E-state index contributed by atoms with van der Waals surface area (Å²) in [6.07, 6.45) is 2.32. The summed E-state index contributed by atoms with van der Waals surface area (Å²) in [6, 6.07) is 7.75. The Morgan fingerprint density at radius 3 is 2.57 bits per heavy atom. The van der Waals surface area contributed by atoms with E-state index >= 15 is 0 Å². The Labute approximate surface area is 130 Å². The minimum absolute atomic E-state index is 0.0815. The average Bonchev–Trinajstić information content (AvgIpc) is 3.29. The van der Waals surface area contributed by atoms with Crippen LogP contribution in [0, 0.1) is 0 Å². The maximum Gasteiger partial charge on any atom is 0.243 e. The molecule has 1 aromatic carbocycles. The Kier molecular flexibility index (Phi) is 5.38. The Morgan fingerprint density at radius 1 is 1.38 bits per heavy atom. The Bertz CT molecular complexity index is 500. The molecule has 0 bridgehead atoms. The van der Waals surface area contributed by atoms with Crippen LogP contribution < -0.4 is 15.4 Å². The molecule has 114 valence electrons. The lowest BCUT2D eigenvalue weighted by atomic mass is 10.3. The summed E-state index contributed by atoms with van der Waals surface area (Å²) >= 11 is 5.32. The van der Waals surface area contributed by atoms with Crippen LogP contribution in [0.3, 0.4) is 0 Å². The molecule has 1 aliphatic rings. The van der Waals surface area contributed by atoms with Crippen LogP contribution in [0.15, 0.2) is 24.3 Å². The molecule has 5 nitrogen and oxygen atoms in total. The number of methoxy groups -OCH3 is 1. The van der Waals surface area contributed by atoms with Crippen LogP contribution in [0.4, 0.5) is 5.69 Å². The summed E-state index contributed by atoms with van der Waals surface area (Å²) in [4.78, 5) is 13.9. The van der Waals surface area contributed by atoms with E-state index in [0.29, 0.717) is 17.7 Å². The molecule has 0 unspecified atom stereocenters. The summed E-state index contributed by atoms with van der Waals surface area (Å²) in [7, 11) is 1.61. The van der Waals surface area contributed by atoms with Crippen molar-refractivity contribution in [2.24, 2.45) is 0 Å². The number of anilines is 1. The van der Waals surface area contributed by atoms with Gasteiger partial charge in [0.1, 0.15) is 5.75 Å². The van der Waals surface area contributed by atoms with Crippen LogP contribution in [-0.4, -0.2) is 42.2 Å². The third kappa shape index (κ3) is 4.90. The lowest BCUT2D eigenvalue weighted by molar-refractivity contribution is -0.116. The maximum absolute atomic E-state index is 12.1. The highest BCUT2D eigenvalue weighted by atomic mass is 32.1. The first-order valence-corrected chi connectivity index (χ1v) is 7.52. The summed E-state index contributed by atoms with van der Waals surface area (Å²) in [5.74, 6) is 0.681. The van der Waals surface area contributed by atoms with Gasteiger partial charge in [0, 0.05) is 18.3 Å². The number of thiocarbonyl (C=S) groups is 1. The van der Waals surface area contributed by atoms with Gasteiger partial charge in [0.05, 0.1) is 13.7 Å². The largest absolute Gasteiger partial charge is 0.497 e. The number of hydrogen-bond donors (Lipinski definition) is 2. The van der Waals surface area contributed by atoms with Crippen LogP contribution in [0.1, 0.15) is 19.8 Å². The predicted molar refractivity (Wildman–Crippen MR) is 87.6 cm³/mol. The molecule has 1 saturated carbocycles. The minimum atomic E-state index is -0.0815. The molecular formula is C15H21N3O2S. The van der Waals surface area contributed by atoms with Gasteiger partial charge in [-0.05, 0) is 56.2 Å². The quantitative estimate of drug-likeness (QED) is 0.787. The third-order valence-corrected chi connectivity index (χ3v) is 3.66. The fraction of sp³-hybridized carbons (Fsp3) is 0.467. The molecular weight excluding hydrogens is 286 g/mol. The number of ether oxygens (including phenoxy) is 1. The highest BCUT2D eigenvalue weighted by Gasteiger charge is 2.24. The lowest BCUT2D eigenvalue weighted by Crippen LogP contribution is -2.44. The highest BCUT2D eigenvalue weighted by Crippen LogP contribution is 2.19. The van der Waals surface area contributed by atoms with Crippen LogP contribution >= 0.6 is 12.2 Å². The highest BCUT2D eigenvalue weighted by molar-refractivity contribution is 7.80. The van der Waals surface area contributed by atoms with Crippen molar-refractivity contribution < 1.29 is 9.53 Å². The average molecular weight is 307 g/mol. The fourth-order valence-electron chi connectivity index (χ4n) is 1.87. The monoisotopic (exact) mass is 307 g/mol. The molecule has 0 spiro atoms. The van der Waals surface area contributed by atoms with Gasteiger partial charge in [-0.2, -0.15) is 0 Å². The molecule has 1 amide bonds. The molecule has 0 heterocycles. The number of carbonyl (C=O) groups excluding carboxylic acids is 1. The number of nitrogens with one attached hydrogen (secondary N) is 2. The third-order valence-electron chi connectivity index (χ3n) is 3.28. The number of carbonyl (C=O) groups is 1. The van der Waals surface area contributed by atoms with Crippen molar-refractivity contribution >= 4 is 28.9 Å². The van der Waals surface area contributed by atoms with E-state index in [1.165, 1.54) is 0 Å². The molecule has 21 heavy (non-hydrogen) atoms. The SMILES string of the molecule is CCN(CC(=O)Nc1ccc(OC)cc1)C(=S)NC1CC1. The van der Waals surface area contributed by atoms with Gasteiger partial charge in [-0.15, -0.1) is 0 Å². The zero-order valence-corrected chi connectivity index (χ0v) is 13.2. The predicted octanol–water partition coefficient (Wildman–Crippen LogP) is 1.99. The van der Waals surface area contributed by atoms with Crippen molar-refractivity contribution in [2.75, 3.05) is 25.5 Å². The van der Waals surface area contributed by atoms with E-state index < -0.39 is 0 Å². The first kappa shape index (κ1) is 15.6. The van der Waals surface area contributed by atoms with Gasteiger partial charge in [0.15, 0.2) is 5.11 Å².